The molecule has 3 heteroatoms. The standard InChI is InChI=1S/C11H17NOS/c13-11(6-10-7-12-8-14-10)9-4-2-1-3-5-9/h7-9,11,13H,1-6H2. The maximum Gasteiger partial charge on any atom is 0.0794 e. The van der Waals surface area contributed by atoms with Crippen molar-refractivity contribution in [3.05, 3.63) is 16.6 Å². The number of hydrogen-bond acceptors (Lipinski definition) is 3. The van der Waals surface area contributed by atoms with Gasteiger partial charge in [-0.3, -0.25) is 4.98 Å². The van der Waals surface area contributed by atoms with Gasteiger partial charge in [0.25, 0.3) is 0 Å². The second-order valence-corrected chi connectivity index (χ2v) is 5.11. The van der Waals surface area contributed by atoms with Crippen molar-refractivity contribution in [3.8, 4) is 0 Å². The first-order valence-corrected chi connectivity index (χ1v) is 6.29. The number of hydrogen-bond donors (Lipinski definition) is 1. The molecule has 1 heterocycles. The van der Waals surface area contributed by atoms with E-state index in [0.717, 1.165) is 6.42 Å². The van der Waals surface area contributed by atoms with Crippen molar-refractivity contribution in [2.45, 2.75) is 44.6 Å². The van der Waals surface area contributed by atoms with Gasteiger partial charge in [-0.2, -0.15) is 0 Å². The van der Waals surface area contributed by atoms with Gasteiger partial charge in [-0.15, -0.1) is 11.3 Å². The molecule has 0 saturated heterocycles. The predicted octanol–water partition coefficient (Wildman–Crippen LogP) is 2.63. The fraction of sp³-hybridized carbons (Fsp3) is 0.727. The number of aliphatic hydroxyl groups is 1. The van der Waals surface area contributed by atoms with Crippen molar-refractivity contribution in [2.75, 3.05) is 0 Å². The van der Waals surface area contributed by atoms with Gasteiger partial charge in [0.05, 0.1) is 11.6 Å². The van der Waals surface area contributed by atoms with E-state index in [1.165, 1.54) is 37.0 Å². The molecule has 0 spiro atoms. The minimum atomic E-state index is -0.143. The lowest BCUT2D eigenvalue weighted by Crippen LogP contribution is -2.24. The van der Waals surface area contributed by atoms with Crippen LogP contribution >= 0.6 is 11.3 Å². The fourth-order valence-electron chi connectivity index (χ4n) is 2.23. The van der Waals surface area contributed by atoms with Gasteiger partial charge in [0.2, 0.25) is 0 Å². The van der Waals surface area contributed by atoms with E-state index >= 15 is 0 Å². The molecular weight excluding hydrogens is 194 g/mol. The Bertz CT molecular complexity index is 254. The van der Waals surface area contributed by atoms with Crippen LogP contribution in [0.5, 0.6) is 0 Å². The molecule has 0 amide bonds. The van der Waals surface area contributed by atoms with Crippen LogP contribution in [0.15, 0.2) is 11.7 Å². The Balaban J connectivity index is 1.85. The summed E-state index contributed by atoms with van der Waals surface area (Å²) in [6, 6.07) is 0. The Kier molecular flexibility index (Phi) is 3.54. The lowest BCUT2D eigenvalue weighted by molar-refractivity contribution is 0.0857. The summed E-state index contributed by atoms with van der Waals surface area (Å²) in [4.78, 5) is 5.24. The molecular formula is C11H17NOS. The summed E-state index contributed by atoms with van der Waals surface area (Å²) in [5.41, 5.74) is 1.84. The molecule has 1 aliphatic rings. The highest BCUT2D eigenvalue weighted by atomic mass is 32.1. The van der Waals surface area contributed by atoms with Crippen LogP contribution in [0.4, 0.5) is 0 Å². The zero-order valence-electron chi connectivity index (χ0n) is 8.35. The number of rotatable bonds is 3. The molecule has 2 nitrogen and oxygen atoms in total. The number of nitrogens with zero attached hydrogens (tertiary/aromatic N) is 1. The smallest absolute Gasteiger partial charge is 0.0794 e. The molecule has 1 saturated carbocycles. The van der Waals surface area contributed by atoms with Gasteiger partial charge in [0.1, 0.15) is 0 Å². The van der Waals surface area contributed by atoms with Gasteiger partial charge >= 0.3 is 0 Å². The highest BCUT2D eigenvalue weighted by molar-refractivity contribution is 7.09. The van der Waals surface area contributed by atoms with Crippen molar-refractivity contribution >= 4 is 11.3 Å². The quantitative estimate of drug-likeness (QED) is 0.833. The molecule has 0 aromatic carbocycles. The van der Waals surface area contributed by atoms with E-state index in [-0.39, 0.29) is 6.10 Å². The topological polar surface area (TPSA) is 33.1 Å². The molecule has 1 aliphatic carbocycles. The second kappa shape index (κ2) is 4.89. The van der Waals surface area contributed by atoms with Crippen LogP contribution in [0.1, 0.15) is 37.0 Å². The zero-order valence-corrected chi connectivity index (χ0v) is 9.17. The van der Waals surface area contributed by atoms with Crippen molar-refractivity contribution in [2.24, 2.45) is 5.92 Å². The van der Waals surface area contributed by atoms with Gasteiger partial charge in [0.15, 0.2) is 0 Å². The third-order valence-electron chi connectivity index (χ3n) is 3.09. The van der Waals surface area contributed by atoms with Crippen LogP contribution in [0.25, 0.3) is 0 Å². The van der Waals surface area contributed by atoms with Crippen molar-refractivity contribution in [1.82, 2.24) is 4.98 Å². The molecule has 0 aliphatic heterocycles. The minimum Gasteiger partial charge on any atom is -0.392 e. The van der Waals surface area contributed by atoms with Gasteiger partial charge < -0.3 is 5.11 Å². The molecule has 0 radical (unpaired) electrons. The molecule has 1 fully saturated rings. The highest BCUT2D eigenvalue weighted by Crippen LogP contribution is 2.28. The lowest BCUT2D eigenvalue weighted by atomic mass is 9.84. The summed E-state index contributed by atoms with van der Waals surface area (Å²) >= 11 is 1.64. The van der Waals surface area contributed by atoms with Gasteiger partial charge in [0, 0.05) is 17.5 Å². The number of aromatic nitrogens is 1. The van der Waals surface area contributed by atoms with E-state index in [2.05, 4.69) is 4.98 Å². The molecule has 1 aromatic rings. The van der Waals surface area contributed by atoms with E-state index in [9.17, 15) is 5.11 Å². The van der Waals surface area contributed by atoms with Crippen LogP contribution in [0, 0.1) is 5.92 Å². The van der Waals surface area contributed by atoms with Crippen LogP contribution < -0.4 is 0 Å². The first-order valence-electron chi connectivity index (χ1n) is 5.41. The van der Waals surface area contributed by atoms with Crippen LogP contribution in [0.3, 0.4) is 0 Å². The Morgan fingerprint density at radius 1 is 1.43 bits per heavy atom. The minimum absolute atomic E-state index is 0.143. The zero-order chi connectivity index (χ0) is 9.80. The summed E-state index contributed by atoms with van der Waals surface area (Å²) in [5, 5.41) is 10.0. The van der Waals surface area contributed by atoms with Crippen LogP contribution in [0.2, 0.25) is 0 Å². The molecule has 2 rings (SSSR count). The Morgan fingerprint density at radius 3 is 2.86 bits per heavy atom. The second-order valence-electron chi connectivity index (χ2n) is 4.14. The van der Waals surface area contributed by atoms with Crippen molar-refractivity contribution in [3.63, 3.8) is 0 Å². The Morgan fingerprint density at radius 2 is 2.21 bits per heavy atom. The van der Waals surface area contributed by atoms with E-state index in [0.29, 0.717) is 5.92 Å². The third-order valence-corrected chi connectivity index (χ3v) is 3.89. The SMILES string of the molecule is OC(Cc1cncs1)C1CCCCC1. The molecule has 1 N–H and O–H groups in total. The van der Waals surface area contributed by atoms with Gasteiger partial charge in [-0.05, 0) is 18.8 Å². The third kappa shape index (κ3) is 2.55. The molecule has 1 atom stereocenters. The maximum absolute atomic E-state index is 10.0. The fourth-order valence-corrected chi connectivity index (χ4v) is 2.88. The lowest BCUT2D eigenvalue weighted by Gasteiger charge is -2.26. The molecule has 1 unspecified atom stereocenters. The number of thiazole rings is 1. The highest BCUT2D eigenvalue weighted by Gasteiger charge is 2.21. The first kappa shape index (κ1) is 10.1. The molecule has 14 heavy (non-hydrogen) atoms. The van der Waals surface area contributed by atoms with Crippen molar-refractivity contribution in [1.29, 1.82) is 0 Å². The van der Waals surface area contributed by atoms with Crippen LogP contribution in [-0.4, -0.2) is 16.2 Å². The normalized spacial score (nSPS) is 20.9. The molecule has 78 valence electrons. The average molecular weight is 211 g/mol. The molecule has 0 bridgehead atoms. The van der Waals surface area contributed by atoms with Crippen molar-refractivity contribution < 1.29 is 5.11 Å². The largest absolute Gasteiger partial charge is 0.392 e. The summed E-state index contributed by atoms with van der Waals surface area (Å²) in [7, 11) is 0. The van der Waals surface area contributed by atoms with E-state index in [1.54, 1.807) is 11.3 Å². The average Bonchev–Trinajstić information content (AvgIpc) is 2.72. The predicted molar refractivity (Wildman–Crippen MR) is 58.4 cm³/mol. The van der Waals surface area contributed by atoms with Gasteiger partial charge in [-0.25, -0.2) is 0 Å². The summed E-state index contributed by atoms with van der Waals surface area (Å²) < 4.78 is 0. The maximum atomic E-state index is 10.0. The number of aliphatic hydroxyl groups excluding tert-OH is 1. The van der Waals surface area contributed by atoms with E-state index in [4.69, 9.17) is 0 Å². The monoisotopic (exact) mass is 211 g/mol. The Labute approximate surface area is 89.0 Å². The van der Waals surface area contributed by atoms with Crippen LogP contribution in [-0.2, 0) is 6.42 Å². The first-order chi connectivity index (χ1) is 6.86. The molecule has 1 aromatic heterocycles. The summed E-state index contributed by atoms with van der Waals surface area (Å²) in [5.74, 6) is 0.533. The van der Waals surface area contributed by atoms with Gasteiger partial charge in [-0.1, -0.05) is 19.3 Å². The van der Waals surface area contributed by atoms with E-state index in [1.807, 2.05) is 11.7 Å². The summed E-state index contributed by atoms with van der Waals surface area (Å²) in [6.45, 7) is 0. The summed E-state index contributed by atoms with van der Waals surface area (Å²) in [6.07, 6.45) is 8.89. The van der Waals surface area contributed by atoms with E-state index < -0.39 is 0 Å². The Hall–Kier alpha value is -0.410.